The average Bonchev–Trinajstić information content (AvgIpc) is 2.81. The van der Waals surface area contributed by atoms with Gasteiger partial charge in [0, 0.05) is 6.54 Å². The first kappa shape index (κ1) is 24.7. The Balaban J connectivity index is 1.59. The van der Waals surface area contributed by atoms with Crippen molar-refractivity contribution in [2.24, 2.45) is 0 Å². The second-order valence-electron chi connectivity index (χ2n) is 8.55. The van der Waals surface area contributed by atoms with Gasteiger partial charge in [-0.05, 0) is 67.1 Å². The quantitative estimate of drug-likeness (QED) is 0.438. The van der Waals surface area contributed by atoms with E-state index in [-0.39, 0.29) is 29.9 Å². The molecule has 0 aromatic heterocycles. The molecule has 0 saturated carbocycles. The van der Waals surface area contributed by atoms with Crippen LogP contribution in [-0.2, 0) is 27.8 Å². The van der Waals surface area contributed by atoms with E-state index in [4.69, 9.17) is 23.2 Å². The van der Waals surface area contributed by atoms with Gasteiger partial charge in [0.15, 0.2) is 0 Å². The van der Waals surface area contributed by atoms with Crippen molar-refractivity contribution in [1.82, 2.24) is 9.62 Å². The molecule has 0 spiro atoms. The topological polar surface area (TPSA) is 66.5 Å². The van der Waals surface area contributed by atoms with E-state index in [1.165, 1.54) is 9.87 Å². The molecule has 1 unspecified atom stereocenters. The number of hydrogen-bond donors (Lipinski definition) is 1. The zero-order chi connectivity index (χ0) is 24.3. The first-order chi connectivity index (χ1) is 16.2. The third kappa shape index (κ3) is 5.63. The summed E-state index contributed by atoms with van der Waals surface area (Å²) in [4.78, 5) is 13.2. The van der Waals surface area contributed by atoms with Crippen LogP contribution in [0.1, 0.15) is 41.1 Å². The van der Waals surface area contributed by atoms with Crippen LogP contribution in [0.25, 0.3) is 0 Å². The molecule has 3 aromatic rings. The van der Waals surface area contributed by atoms with Crippen molar-refractivity contribution in [3.63, 3.8) is 0 Å². The lowest BCUT2D eigenvalue weighted by Crippen LogP contribution is -2.42. The van der Waals surface area contributed by atoms with Crippen LogP contribution in [-0.4, -0.2) is 25.2 Å². The molecule has 8 heteroatoms. The monoisotopic (exact) mass is 516 g/mol. The highest BCUT2D eigenvalue weighted by molar-refractivity contribution is 7.89. The van der Waals surface area contributed by atoms with Gasteiger partial charge in [-0.2, -0.15) is 4.31 Å². The number of hydrogen-bond acceptors (Lipinski definition) is 3. The van der Waals surface area contributed by atoms with E-state index in [0.29, 0.717) is 15.6 Å². The van der Waals surface area contributed by atoms with Gasteiger partial charge in [-0.25, -0.2) is 8.42 Å². The predicted octanol–water partition coefficient (Wildman–Crippen LogP) is 5.69. The fourth-order valence-corrected chi connectivity index (χ4v) is 5.94. The lowest BCUT2D eigenvalue weighted by molar-refractivity contribution is -0.122. The number of carbonyl (C=O) groups excluding carboxylic acids is 1. The molecule has 3 aromatic carbocycles. The van der Waals surface area contributed by atoms with E-state index in [9.17, 15) is 13.2 Å². The minimum Gasteiger partial charge on any atom is -0.348 e. The lowest BCUT2D eigenvalue weighted by atomic mass is 9.88. The predicted molar refractivity (Wildman–Crippen MR) is 136 cm³/mol. The summed E-state index contributed by atoms with van der Waals surface area (Å²) in [6.45, 7) is 1.57. The summed E-state index contributed by atoms with van der Waals surface area (Å²) in [7, 11) is -3.94. The maximum absolute atomic E-state index is 13.5. The van der Waals surface area contributed by atoms with E-state index < -0.39 is 10.0 Å². The summed E-state index contributed by atoms with van der Waals surface area (Å²) in [5, 5.41) is 3.76. The molecule has 178 valence electrons. The number of rotatable bonds is 7. The van der Waals surface area contributed by atoms with Gasteiger partial charge < -0.3 is 5.32 Å². The standard InChI is InChI=1S/C26H26Cl2N2O3S/c1-18-9-12-21(13-10-18)34(32,33)30(16-19-11-14-23(27)24(28)15-19)17-26(31)29-25-8-4-6-20-5-2-3-7-22(20)25/h2-3,5,7,9-15,25H,4,6,8,16-17H2,1H3,(H,29,31). The van der Waals surface area contributed by atoms with Crippen molar-refractivity contribution in [2.75, 3.05) is 6.54 Å². The van der Waals surface area contributed by atoms with Crippen LogP contribution in [0.5, 0.6) is 0 Å². The third-order valence-electron chi connectivity index (χ3n) is 6.03. The number of halogens is 2. The van der Waals surface area contributed by atoms with Crippen molar-refractivity contribution < 1.29 is 13.2 Å². The number of amides is 1. The molecular weight excluding hydrogens is 491 g/mol. The Morgan fingerprint density at radius 2 is 1.76 bits per heavy atom. The van der Waals surface area contributed by atoms with E-state index in [1.807, 2.05) is 25.1 Å². The highest BCUT2D eigenvalue weighted by Crippen LogP contribution is 2.30. The van der Waals surface area contributed by atoms with Crippen LogP contribution < -0.4 is 5.32 Å². The summed E-state index contributed by atoms with van der Waals surface area (Å²) in [6.07, 6.45) is 2.77. The molecule has 0 radical (unpaired) electrons. The Morgan fingerprint density at radius 3 is 2.50 bits per heavy atom. The van der Waals surface area contributed by atoms with Gasteiger partial charge in [-0.15, -0.1) is 0 Å². The molecule has 1 N–H and O–H groups in total. The SMILES string of the molecule is Cc1ccc(S(=O)(=O)N(CC(=O)NC2CCCc3ccccc32)Cc2ccc(Cl)c(Cl)c2)cc1. The summed E-state index contributed by atoms with van der Waals surface area (Å²) in [5.41, 5.74) is 3.91. The first-order valence-electron chi connectivity index (χ1n) is 11.1. The molecule has 0 fully saturated rings. The van der Waals surface area contributed by atoms with Gasteiger partial charge in [-0.1, -0.05) is 71.2 Å². The summed E-state index contributed by atoms with van der Waals surface area (Å²) in [6, 6.07) is 19.5. The van der Waals surface area contributed by atoms with Gasteiger partial charge in [0.05, 0.1) is 27.5 Å². The zero-order valence-electron chi connectivity index (χ0n) is 18.8. The molecule has 0 saturated heterocycles. The van der Waals surface area contributed by atoms with Gasteiger partial charge in [-0.3, -0.25) is 4.79 Å². The van der Waals surface area contributed by atoms with Crippen molar-refractivity contribution in [1.29, 1.82) is 0 Å². The third-order valence-corrected chi connectivity index (χ3v) is 8.57. The summed E-state index contributed by atoms with van der Waals surface area (Å²) in [5.74, 6) is -0.350. The molecule has 1 amide bonds. The summed E-state index contributed by atoms with van der Waals surface area (Å²) >= 11 is 12.2. The molecule has 0 aliphatic heterocycles. The van der Waals surface area contributed by atoms with Crippen molar-refractivity contribution in [3.8, 4) is 0 Å². The second kappa shape index (κ2) is 10.5. The highest BCUT2D eigenvalue weighted by Gasteiger charge is 2.29. The zero-order valence-corrected chi connectivity index (χ0v) is 21.1. The number of fused-ring (bicyclic) bond motifs is 1. The van der Waals surface area contributed by atoms with Crippen molar-refractivity contribution in [2.45, 2.75) is 43.7 Å². The Kier molecular flexibility index (Phi) is 7.63. The number of nitrogens with zero attached hydrogens (tertiary/aromatic N) is 1. The molecule has 0 heterocycles. The Morgan fingerprint density at radius 1 is 1.03 bits per heavy atom. The molecule has 1 aliphatic rings. The minimum atomic E-state index is -3.94. The van der Waals surface area contributed by atoms with Crippen molar-refractivity contribution in [3.05, 3.63) is 99.0 Å². The maximum Gasteiger partial charge on any atom is 0.243 e. The smallest absolute Gasteiger partial charge is 0.243 e. The van der Waals surface area contributed by atoms with Gasteiger partial charge in [0.2, 0.25) is 15.9 Å². The fraction of sp³-hybridized carbons (Fsp3) is 0.269. The van der Waals surface area contributed by atoms with Gasteiger partial charge in [0.25, 0.3) is 0 Å². The molecule has 1 aliphatic carbocycles. The maximum atomic E-state index is 13.5. The van der Waals surface area contributed by atoms with Gasteiger partial charge in [0.1, 0.15) is 0 Å². The Labute approximate surface area is 210 Å². The second-order valence-corrected chi connectivity index (χ2v) is 11.3. The van der Waals surface area contributed by atoms with E-state index in [1.54, 1.807) is 42.5 Å². The first-order valence-corrected chi connectivity index (χ1v) is 13.3. The Hall–Kier alpha value is -2.38. The van der Waals surface area contributed by atoms with E-state index >= 15 is 0 Å². The molecule has 34 heavy (non-hydrogen) atoms. The van der Waals surface area contributed by atoms with Crippen molar-refractivity contribution >= 4 is 39.1 Å². The number of nitrogens with one attached hydrogen (secondary N) is 1. The molecular formula is C26H26Cl2N2O3S. The number of sulfonamides is 1. The van der Waals surface area contributed by atoms with Crippen LogP contribution in [0.15, 0.2) is 71.6 Å². The molecule has 1 atom stereocenters. The van der Waals surface area contributed by atoms with E-state index in [2.05, 4.69) is 11.4 Å². The largest absolute Gasteiger partial charge is 0.348 e. The normalized spacial score (nSPS) is 15.7. The van der Waals surface area contributed by atoms with Crippen LogP contribution in [0.2, 0.25) is 10.0 Å². The van der Waals surface area contributed by atoms with Crippen LogP contribution in [0.4, 0.5) is 0 Å². The highest BCUT2D eigenvalue weighted by atomic mass is 35.5. The molecule has 0 bridgehead atoms. The fourth-order valence-electron chi connectivity index (χ4n) is 4.23. The number of benzene rings is 3. The average molecular weight is 517 g/mol. The number of carbonyl (C=O) groups is 1. The molecule has 4 rings (SSSR count). The van der Waals surface area contributed by atoms with E-state index in [0.717, 1.165) is 30.4 Å². The van der Waals surface area contributed by atoms with Crippen LogP contribution in [0.3, 0.4) is 0 Å². The van der Waals surface area contributed by atoms with Crippen LogP contribution in [0, 0.1) is 6.92 Å². The Bertz CT molecular complexity index is 1290. The lowest BCUT2D eigenvalue weighted by Gasteiger charge is -2.28. The van der Waals surface area contributed by atoms with Crippen LogP contribution >= 0.6 is 23.2 Å². The summed E-state index contributed by atoms with van der Waals surface area (Å²) < 4.78 is 28.2. The molecule has 5 nitrogen and oxygen atoms in total. The minimum absolute atomic E-state index is 0.0121. The van der Waals surface area contributed by atoms with Gasteiger partial charge >= 0.3 is 0 Å². The number of aryl methyl sites for hydroxylation is 2.